The fourth-order valence-corrected chi connectivity index (χ4v) is 2.39. The second kappa shape index (κ2) is 15.4. The number of hydrogen-bond acceptors (Lipinski definition) is 4. The van der Waals surface area contributed by atoms with Crippen LogP contribution in [0.3, 0.4) is 0 Å². The summed E-state index contributed by atoms with van der Waals surface area (Å²) < 4.78 is 5.06. The lowest BCUT2D eigenvalue weighted by Crippen LogP contribution is -2.41. The van der Waals surface area contributed by atoms with E-state index < -0.39 is 6.10 Å². The van der Waals surface area contributed by atoms with Crippen LogP contribution in [0.1, 0.15) is 25.0 Å². The van der Waals surface area contributed by atoms with Crippen LogP contribution in [-0.2, 0) is 4.74 Å². The topological polar surface area (TPSA) is 69.1 Å². The highest BCUT2D eigenvalue weighted by Gasteiger charge is 2.07. The Balaban J connectivity index is 0.00000625. The summed E-state index contributed by atoms with van der Waals surface area (Å²) in [7, 11) is 3.81. The number of nitrogens with one attached hydrogen (secondary N) is 2. The van der Waals surface area contributed by atoms with Crippen molar-refractivity contribution in [2.24, 2.45) is 4.99 Å². The summed E-state index contributed by atoms with van der Waals surface area (Å²) in [6.07, 6.45) is 0.374. The summed E-state index contributed by atoms with van der Waals surface area (Å²) in [5.74, 6) is 0.709. The van der Waals surface area contributed by atoms with Crippen molar-refractivity contribution in [2.45, 2.75) is 19.4 Å². The molecule has 0 aliphatic rings. The zero-order chi connectivity index (χ0) is 18.5. The van der Waals surface area contributed by atoms with E-state index in [-0.39, 0.29) is 24.0 Å². The Kier molecular flexibility index (Phi) is 15.1. The minimum Gasteiger partial charge on any atom is -0.386 e. The summed E-state index contributed by atoms with van der Waals surface area (Å²) in [6, 6.07) is 7.18. The van der Waals surface area contributed by atoms with E-state index in [0.717, 1.165) is 44.8 Å². The molecule has 0 amide bonds. The molecule has 0 spiro atoms. The predicted octanol–water partition coefficient (Wildman–Crippen LogP) is 2.51. The van der Waals surface area contributed by atoms with Gasteiger partial charge >= 0.3 is 0 Å². The maximum atomic E-state index is 10.2. The fourth-order valence-electron chi connectivity index (χ4n) is 2.27. The number of ether oxygens (including phenoxy) is 1. The van der Waals surface area contributed by atoms with Gasteiger partial charge < -0.3 is 25.4 Å². The summed E-state index contributed by atoms with van der Waals surface area (Å²) in [5, 5.41) is 17.4. The lowest BCUT2D eigenvalue weighted by molar-refractivity contribution is 0.180. The zero-order valence-corrected chi connectivity index (χ0v) is 19.0. The standard InChI is InChI=1S/C18H31ClN4O2.HI/c1-4-20-18(21-10-12-23(2)11-5-13-25-3)22-14-17(24)15-6-8-16(19)9-7-15;/h6-9,17,24H,4-5,10-14H2,1-3H3,(H2,20,21,22);1H. The molecule has 0 saturated heterocycles. The first-order chi connectivity index (χ1) is 12.1. The second-order valence-electron chi connectivity index (χ2n) is 5.86. The van der Waals surface area contributed by atoms with Gasteiger partial charge in [0.25, 0.3) is 0 Å². The van der Waals surface area contributed by atoms with Crippen LogP contribution in [0.15, 0.2) is 29.3 Å². The highest BCUT2D eigenvalue weighted by atomic mass is 127. The number of methoxy groups -OCH3 is 1. The molecule has 3 N–H and O–H groups in total. The van der Waals surface area contributed by atoms with Gasteiger partial charge in [-0.2, -0.15) is 0 Å². The lowest BCUT2D eigenvalue weighted by Gasteiger charge is -2.18. The third-order valence-electron chi connectivity index (χ3n) is 3.70. The van der Waals surface area contributed by atoms with Crippen molar-refractivity contribution in [3.63, 3.8) is 0 Å². The molecule has 0 fully saturated rings. The smallest absolute Gasteiger partial charge is 0.191 e. The van der Waals surface area contributed by atoms with Crippen LogP contribution in [0.2, 0.25) is 5.02 Å². The molecule has 0 bridgehead atoms. The van der Waals surface area contributed by atoms with Crippen LogP contribution in [-0.4, -0.2) is 69.5 Å². The zero-order valence-electron chi connectivity index (χ0n) is 15.9. The average molecular weight is 499 g/mol. The van der Waals surface area contributed by atoms with Gasteiger partial charge in [-0.05, 0) is 38.1 Å². The SMILES string of the molecule is CCNC(=NCC(O)c1ccc(Cl)cc1)NCCN(C)CCCOC.I. The number of guanidine groups is 1. The largest absolute Gasteiger partial charge is 0.386 e. The van der Waals surface area contributed by atoms with Crippen molar-refractivity contribution in [3.8, 4) is 0 Å². The molecule has 1 atom stereocenters. The van der Waals surface area contributed by atoms with Crippen molar-refractivity contribution < 1.29 is 9.84 Å². The van der Waals surface area contributed by atoms with Crippen molar-refractivity contribution >= 4 is 41.5 Å². The highest BCUT2D eigenvalue weighted by molar-refractivity contribution is 14.0. The Morgan fingerprint density at radius 3 is 2.58 bits per heavy atom. The van der Waals surface area contributed by atoms with Gasteiger partial charge in [-0.1, -0.05) is 23.7 Å². The van der Waals surface area contributed by atoms with Crippen molar-refractivity contribution in [2.75, 3.05) is 53.5 Å². The van der Waals surface area contributed by atoms with Gasteiger partial charge in [-0.15, -0.1) is 24.0 Å². The first kappa shape index (κ1) is 25.4. The van der Waals surface area contributed by atoms with E-state index >= 15 is 0 Å². The molecule has 0 aliphatic carbocycles. The molecular formula is C18H32ClIN4O2. The van der Waals surface area contributed by atoms with Crippen LogP contribution in [0.25, 0.3) is 0 Å². The molecule has 6 nitrogen and oxygen atoms in total. The van der Waals surface area contributed by atoms with Crippen LogP contribution in [0.5, 0.6) is 0 Å². The Hall–Kier alpha value is -0.610. The summed E-state index contributed by atoms with van der Waals surface area (Å²) in [6.45, 7) is 6.56. The van der Waals surface area contributed by atoms with E-state index in [9.17, 15) is 5.11 Å². The molecule has 8 heteroatoms. The van der Waals surface area contributed by atoms with Crippen LogP contribution >= 0.6 is 35.6 Å². The molecule has 26 heavy (non-hydrogen) atoms. The Morgan fingerprint density at radius 1 is 1.27 bits per heavy atom. The molecule has 0 aliphatic heterocycles. The quantitative estimate of drug-likeness (QED) is 0.189. The van der Waals surface area contributed by atoms with E-state index in [2.05, 4.69) is 27.6 Å². The number of benzene rings is 1. The number of hydrogen-bond donors (Lipinski definition) is 3. The van der Waals surface area contributed by atoms with Crippen LogP contribution < -0.4 is 10.6 Å². The minimum atomic E-state index is -0.649. The number of nitrogens with zero attached hydrogens (tertiary/aromatic N) is 2. The molecule has 0 radical (unpaired) electrons. The number of likely N-dealkylation sites (N-methyl/N-ethyl adjacent to an activating group) is 1. The van der Waals surface area contributed by atoms with E-state index in [1.54, 1.807) is 19.2 Å². The maximum absolute atomic E-state index is 10.2. The second-order valence-corrected chi connectivity index (χ2v) is 6.30. The normalized spacial score (nSPS) is 12.6. The number of rotatable bonds is 11. The van der Waals surface area contributed by atoms with Gasteiger partial charge in [-0.3, -0.25) is 4.99 Å². The molecule has 1 aromatic rings. The Labute approximate surface area is 179 Å². The van der Waals surface area contributed by atoms with Gasteiger partial charge in [0, 0.05) is 44.9 Å². The highest BCUT2D eigenvalue weighted by Crippen LogP contribution is 2.16. The number of aliphatic imine (C=N–C) groups is 1. The van der Waals surface area contributed by atoms with Gasteiger partial charge in [0.1, 0.15) is 0 Å². The maximum Gasteiger partial charge on any atom is 0.191 e. The summed E-state index contributed by atoms with van der Waals surface area (Å²) >= 11 is 5.87. The van der Waals surface area contributed by atoms with Crippen LogP contribution in [0.4, 0.5) is 0 Å². The van der Waals surface area contributed by atoms with E-state index in [1.165, 1.54) is 0 Å². The number of aliphatic hydroxyl groups is 1. The summed E-state index contributed by atoms with van der Waals surface area (Å²) in [5.41, 5.74) is 0.807. The predicted molar refractivity (Wildman–Crippen MR) is 120 cm³/mol. The molecule has 0 aromatic heterocycles. The molecule has 150 valence electrons. The van der Waals surface area contributed by atoms with Gasteiger partial charge in [0.05, 0.1) is 12.6 Å². The van der Waals surface area contributed by atoms with E-state index in [4.69, 9.17) is 16.3 Å². The third-order valence-corrected chi connectivity index (χ3v) is 3.95. The van der Waals surface area contributed by atoms with Gasteiger partial charge in [0.15, 0.2) is 5.96 Å². The summed E-state index contributed by atoms with van der Waals surface area (Å²) in [4.78, 5) is 6.71. The minimum absolute atomic E-state index is 0. The molecular weight excluding hydrogens is 467 g/mol. The Bertz CT molecular complexity index is 502. The van der Waals surface area contributed by atoms with Crippen molar-refractivity contribution in [1.82, 2.24) is 15.5 Å². The fraction of sp³-hybridized carbons (Fsp3) is 0.611. The third kappa shape index (κ3) is 11.2. The van der Waals surface area contributed by atoms with E-state index in [1.807, 2.05) is 19.1 Å². The molecule has 1 aromatic carbocycles. The number of aliphatic hydroxyl groups excluding tert-OH is 1. The van der Waals surface area contributed by atoms with E-state index in [0.29, 0.717) is 17.5 Å². The molecule has 1 rings (SSSR count). The number of halogens is 2. The lowest BCUT2D eigenvalue weighted by atomic mass is 10.1. The van der Waals surface area contributed by atoms with Gasteiger partial charge in [0.2, 0.25) is 0 Å². The first-order valence-electron chi connectivity index (χ1n) is 8.70. The van der Waals surface area contributed by atoms with Crippen molar-refractivity contribution in [3.05, 3.63) is 34.9 Å². The average Bonchev–Trinajstić information content (AvgIpc) is 2.60. The van der Waals surface area contributed by atoms with Gasteiger partial charge in [-0.25, -0.2) is 0 Å². The Morgan fingerprint density at radius 2 is 1.96 bits per heavy atom. The first-order valence-corrected chi connectivity index (χ1v) is 9.07. The monoisotopic (exact) mass is 498 g/mol. The van der Waals surface area contributed by atoms with Crippen molar-refractivity contribution in [1.29, 1.82) is 0 Å². The molecule has 0 heterocycles. The molecule has 1 unspecified atom stereocenters. The molecule has 0 saturated carbocycles. The van der Waals surface area contributed by atoms with Crippen LogP contribution in [0, 0.1) is 0 Å².